The number of aryl methyl sites for hydroxylation is 1. The van der Waals surface area contributed by atoms with E-state index in [2.05, 4.69) is 42.9 Å². The van der Waals surface area contributed by atoms with Gasteiger partial charge in [-0.2, -0.15) is 0 Å². The molecule has 0 aliphatic carbocycles. The van der Waals surface area contributed by atoms with Crippen molar-refractivity contribution in [2.75, 3.05) is 11.9 Å². The molecule has 0 saturated carbocycles. The highest BCUT2D eigenvalue weighted by molar-refractivity contribution is 9.10. The molecular weight excluding hydrogens is 278 g/mol. The Kier molecular flexibility index (Phi) is 3.74. The normalized spacial score (nSPS) is 10.3. The summed E-state index contributed by atoms with van der Waals surface area (Å²) in [7, 11) is 2.02. The molecule has 17 heavy (non-hydrogen) atoms. The van der Waals surface area contributed by atoms with Crippen molar-refractivity contribution in [3.63, 3.8) is 0 Å². The van der Waals surface area contributed by atoms with E-state index in [4.69, 9.17) is 0 Å². The lowest BCUT2D eigenvalue weighted by Crippen LogP contribution is -2.18. The molecule has 0 amide bonds. The summed E-state index contributed by atoms with van der Waals surface area (Å²) in [5.74, 6) is 0.944. The summed E-state index contributed by atoms with van der Waals surface area (Å²) in [5, 5.41) is 0. The van der Waals surface area contributed by atoms with Crippen LogP contribution in [0.25, 0.3) is 0 Å². The van der Waals surface area contributed by atoms with E-state index in [9.17, 15) is 0 Å². The van der Waals surface area contributed by atoms with Crippen LogP contribution in [0, 0.1) is 6.92 Å². The van der Waals surface area contributed by atoms with Gasteiger partial charge in [-0.15, -0.1) is 0 Å². The van der Waals surface area contributed by atoms with Gasteiger partial charge in [-0.1, -0.05) is 6.07 Å². The van der Waals surface area contributed by atoms with Crippen LogP contribution >= 0.6 is 15.9 Å². The van der Waals surface area contributed by atoms with Crippen LogP contribution in [0.2, 0.25) is 0 Å². The molecule has 0 fully saturated rings. The van der Waals surface area contributed by atoms with Crippen molar-refractivity contribution in [2.24, 2.45) is 0 Å². The van der Waals surface area contributed by atoms with Crippen LogP contribution in [0.3, 0.4) is 0 Å². The highest BCUT2D eigenvalue weighted by atomic mass is 79.9. The summed E-state index contributed by atoms with van der Waals surface area (Å²) in [6.45, 7) is 2.82. The maximum Gasteiger partial charge on any atom is 0.142 e. The number of halogens is 1. The molecule has 0 aliphatic rings. The van der Waals surface area contributed by atoms with Gasteiger partial charge in [0.1, 0.15) is 5.82 Å². The number of rotatable bonds is 3. The molecule has 2 aromatic rings. The Hall–Kier alpha value is -1.42. The van der Waals surface area contributed by atoms with Crippen molar-refractivity contribution in [1.29, 1.82) is 0 Å². The van der Waals surface area contributed by atoms with Crippen molar-refractivity contribution >= 4 is 21.7 Å². The fraction of sp³-hybridized carbons (Fsp3) is 0.231. The zero-order valence-electron chi connectivity index (χ0n) is 9.89. The number of hydrogen-bond acceptors (Lipinski definition) is 3. The average molecular weight is 292 g/mol. The third-order valence-electron chi connectivity index (χ3n) is 2.46. The minimum Gasteiger partial charge on any atom is -0.354 e. The second-order valence-corrected chi connectivity index (χ2v) is 4.89. The minimum absolute atomic E-state index is 0.794. The van der Waals surface area contributed by atoms with Gasteiger partial charge in [0.05, 0.1) is 4.47 Å². The van der Waals surface area contributed by atoms with Crippen LogP contribution in [0.15, 0.2) is 41.3 Å². The third-order valence-corrected chi connectivity index (χ3v) is 3.05. The van der Waals surface area contributed by atoms with Crippen molar-refractivity contribution < 1.29 is 0 Å². The molecular formula is C13H14BrN3. The Morgan fingerprint density at radius 2 is 2.18 bits per heavy atom. The molecule has 4 heteroatoms. The summed E-state index contributed by atoms with van der Waals surface area (Å²) in [6.07, 6.45) is 5.53. The number of hydrogen-bond donors (Lipinski definition) is 0. The van der Waals surface area contributed by atoms with Crippen LogP contribution in [0.1, 0.15) is 11.1 Å². The molecule has 0 bridgehead atoms. The van der Waals surface area contributed by atoms with E-state index in [1.165, 1.54) is 5.56 Å². The molecule has 2 heterocycles. The summed E-state index contributed by atoms with van der Waals surface area (Å²) in [6, 6.07) is 6.08. The summed E-state index contributed by atoms with van der Waals surface area (Å²) in [4.78, 5) is 10.6. The molecule has 2 aromatic heterocycles. The van der Waals surface area contributed by atoms with E-state index >= 15 is 0 Å². The summed E-state index contributed by atoms with van der Waals surface area (Å²) < 4.78 is 1.02. The summed E-state index contributed by atoms with van der Waals surface area (Å²) in [5.41, 5.74) is 2.32. The first-order valence-electron chi connectivity index (χ1n) is 5.39. The Morgan fingerprint density at radius 3 is 2.82 bits per heavy atom. The van der Waals surface area contributed by atoms with Crippen LogP contribution in [-0.2, 0) is 6.54 Å². The van der Waals surface area contributed by atoms with E-state index in [-0.39, 0.29) is 0 Å². The molecule has 0 radical (unpaired) electrons. The van der Waals surface area contributed by atoms with Crippen LogP contribution in [0.5, 0.6) is 0 Å². The number of nitrogens with zero attached hydrogens (tertiary/aromatic N) is 3. The van der Waals surface area contributed by atoms with Gasteiger partial charge in [0.25, 0.3) is 0 Å². The third kappa shape index (κ3) is 3.03. The lowest BCUT2D eigenvalue weighted by Gasteiger charge is -2.19. The standard InChI is InChI=1S/C13H14BrN3/c1-10-6-12(14)13(16-7-10)17(2)9-11-4-3-5-15-8-11/h3-8H,9H2,1-2H3. The lowest BCUT2D eigenvalue weighted by atomic mass is 10.2. The molecule has 88 valence electrons. The van der Waals surface area contributed by atoms with Crippen LogP contribution < -0.4 is 4.90 Å². The quantitative estimate of drug-likeness (QED) is 0.870. The van der Waals surface area contributed by atoms with E-state index in [1.54, 1.807) is 6.20 Å². The van der Waals surface area contributed by atoms with Gasteiger partial charge in [-0.25, -0.2) is 4.98 Å². The van der Waals surface area contributed by atoms with E-state index < -0.39 is 0 Å². The fourth-order valence-electron chi connectivity index (χ4n) is 1.65. The first-order valence-corrected chi connectivity index (χ1v) is 6.18. The number of aromatic nitrogens is 2. The van der Waals surface area contributed by atoms with Crippen LogP contribution in [-0.4, -0.2) is 17.0 Å². The lowest BCUT2D eigenvalue weighted by molar-refractivity contribution is 0.886. The van der Waals surface area contributed by atoms with Gasteiger partial charge >= 0.3 is 0 Å². The Labute approximate surface area is 110 Å². The zero-order chi connectivity index (χ0) is 12.3. The molecule has 0 atom stereocenters. The molecule has 0 spiro atoms. The first-order chi connectivity index (χ1) is 8.16. The highest BCUT2D eigenvalue weighted by Crippen LogP contribution is 2.24. The molecule has 0 aliphatic heterocycles. The zero-order valence-corrected chi connectivity index (χ0v) is 11.5. The molecule has 3 nitrogen and oxygen atoms in total. The first kappa shape index (κ1) is 12.0. The number of anilines is 1. The number of pyridine rings is 2. The van der Waals surface area contributed by atoms with Crippen LogP contribution in [0.4, 0.5) is 5.82 Å². The maximum absolute atomic E-state index is 4.43. The molecule has 0 N–H and O–H groups in total. The second kappa shape index (κ2) is 5.27. The minimum atomic E-state index is 0.794. The monoisotopic (exact) mass is 291 g/mol. The molecule has 0 saturated heterocycles. The van der Waals surface area contributed by atoms with Gasteiger partial charge in [0.2, 0.25) is 0 Å². The Morgan fingerprint density at radius 1 is 1.35 bits per heavy atom. The molecule has 0 unspecified atom stereocenters. The Balaban J connectivity index is 2.17. The van der Waals surface area contributed by atoms with E-state index in [0.717, 1.165) is 22.4 Å². The van der Waals surface area contributed by atoms with Gasteiger partial charge in [-0.05, 0) is 46.1 Å². The largest absolute Gasteiger partial charge is 0.354 e. The average Bonchev–Trinajstić information content (AvgIpc) is 2.30. The van der Waals surface area contributed by atoms with Crippen molar-refractivity contribution in [2.45, 2.75) is 13.5 Å². The maximum atomic E-state index is 4.43. The van der Waals surface area contributed by atoms with E-state index in [0.29, 0.717) is 0 Å². The van der Waals surface area contributed by atoms with Crippen molar-refractivity contribution in [3.8, 4) is 0 Å². The van der Waals surface area contributed by atoms with E-state index in [1.807, 2.05) is 32.4 Å². The van der Waals surface area contributed by atoms with Gasteiger partial charge in [0, 0.05) is 32.2 Å². The van der Waals surface area contributed by atoms with Crippen molar-refractivity contribution in [3.05, 3.63) is 52.4 Å². The Bertz CT molecular complexity index is 499. The second-order valence-electron chi connectivity index (χ2n) is 4.04. The van der Waals surface area contributed by atoms with Gasteiger partial charge in [0.15, 0.2) is 0 Å². The van der Waals surface area contributed by atoms with Gasteiger partial charge in [-0.3, -0.25) is 4.98 Å². The molecule has 2 rings (SSSR count). The van der Waals surface area contributed by atoms with Crippen molar-refractivity contribution in [1.82, 2.24) is 9.97 Å². The predicted octanol–water partition coefficient (Wildman–Crippen LogP) is 3.18. The fourth-order valence-corrected chi connectivity index (χ4v) is 2.41. The predicted molar refractivity (Wildman–Crippen MR) is 73.0 cm³/mol. The highest BCUT2D eigenvalue weighted by Gasteiger charge is 2.07. The van der Waals surface area contributed by atoms with Gasteiger partial charge < -0.3 is 4.90 Å². The molecule has 0 aromatic carbocycles. The smallest absolute Gasteiger partial charge is 0.142 e. The SMILES string of the molecule is Cc1cnc(N(C)Cc2cccnc2)c(Br)c1. The topological polar surface area (TPSA) is 29.0 Å². The summed E-state index contributed by atoms with van der Waals surface area (Å²) >= 11 is 3.54.